The molecule has 1 atom stereocenters. The Labute approximate surface area is 203 Å². The molecule has 2 aromatic carbocycles. The smallest absolute Gasteiger partial charge is 0.254 e. The number of aromatic hydroxyl groups is 1. The number of nitrogens with one attached hydrogen (secondary N) is 1. The highest BCUT2D eigenvalue weighted by Crippen LogP contribution is 2.36. The summed E-state index contributed by atoms with van der Waals surface area (Å²) < 4.78 is 5.40. The second-order valence-electron chi connectivity index (χ2n) is 9.19. The van der Waals surface area contributed by atoms with Crippen LogP contribution in [0.1, 0.15) is 23.2 Å². The fourth-order valence-electron chi connectivity index (χ4n) is 5.29. The van der Waals surface area contributed by atoms with Crippen molar-refractivity contribution in [3.05, 3.63) is 60.3 Å². The Morgan fingerprint density at radius 2 is 2.03 bits per heavy atom. The summed E-state index contributed by atoms with van der Waals surface area (Å²) >= 11 is 0. The summed E-state index contributed by atoms with van der Waals surface area (Å²) in [6.45, 7) is 3.65. The van der Waals surface area contributed by atoms with Crippen molar-refractivity contribution < 1.29 is 14.6 Å². The van der Waals surface area contributed by atoms with Gasteiger partial charge in [0.25, 0.3) is 5.91 Å². The maximum atomic E-state index is 13.2. The molecule has 4 aromatic rings. The number of piperazine rings is 1. The summed E-state index contributed by atoms with van der Waals surface area (Å²) in [4.78, 5) is 30.0. The Bertz CT molecular complexity index is 1420. The van der Waals surface area contributed by atoms with Crippen LogP contribution in [0.15, 0.2) is 54.7 Å². The van der Waals surface area contributed by atoms with Gasteiger partial charge in [0.1, 0.15) is 11.6 Å². The number of rotatable bonds is 4. The highest BCUT2D eigenvalue weighted by molar-refractivity contribution is 5.98. The lowest BCUT2D eigenvalue weighted by molar-refractivity contribution is 0.0571. The molecule has 0 bridgehead atoms. The molecule has 6 rings (SSSR count). The maximum absolute atomic E-state index is 13.2. The third kappa shape index (κ3) is 3.89. The average Bonchev–Trinajstić information content (AvgIpc) is 3.54. The highest BCUT2D eigenvalue weighted by atomic mass is 16.5. The molecule has 178 valence electrons. The van der Waals surface area contributed by atoms with E-state index in [1.807, 2.05) is 47.4 Å². The molecule has 0 aliphatic carbocycles. The number of benzene rings is 2. The fourth-order valence-corrected chi connectivity index (χ4v) is 5.29. The van der Waals surface area contributed by atoms with E-state index < -0.39 is 0 Å². The van der Waals surface area contributed by atoms with Crippen molar-refractivity contribution in [1.82, 2.24) is 24.8 Å². The molecule has 0 radical (unpaired) electrons. The van der Waals surface area contributed by atoms with Gasteiger partial charge < -0.3 is 19.7 Å². The van der Waals surface area contributed by atoms with Crippen LogP contribution in [0.25, 0.3) is 33.5 Å². The zero-order valence-corrected chi connectivity index (χ0v) is 19.6. The van der Waals surface area contributed by atoms with Gasteiger partial charge in [0, 0.05) is 43.0 Å². The third-order valence-electron chi connectivity index (χ3n) is 7.13. The molecule has 0 saturated carbocycles. The molecule has 1 amide bonds. The van der Waals surface area contributed by atoms with Gasteiger partial charge in [-0.05, 0) is 67.4 Å². The Hall–Kier alpha value is -3.91. The topological polar surface area (TPSA) is 94.6 Å². The number of H-pyrrole nitrogens is 1. The van der Waals surface area contributed by atoms with Crippen LogP contribution in [0, 0.1) is 0 Å². The monoisotopic (exact) mass is 469 g/mol. The first-order valence-corrected chi connectivity index (χ1v) is 12.0. The second kappa shape index (κ2) is 8.70. The van der Waals surface area contributed by atoms with Crippen molar-refractivity contribution in [2.75, 3.05) is 33.3 Å². The average molecular weight is 470 g/mol. The lowest BCUT2D eigenvalue weighted by Gasteiger charge is -2.37. The molecule has 8 heteroatoms. The molecular weight excluding hydrogens is 442 g/mol. The quantitative estimate of drug-likeness (QED) is 0.470. The van der Waals surface area contributed by atoms with E-state index in [0.717, 1.165) is 42.8 Å². The van der Waals surface area contributed by atoms with Crippen LogP contribution in [-0.4, -0.2) is 75.1 Å². The van der Waals surface area contributed by atoms with Gasteiger partial charge in [0.2, 0.25) is 5.88 Å². The van der Waals surface area contributed by atoms with Gasteiger partial charge in [-0.3, -0.25) is 9.69 Å². The number of hydrogen-bond donors (Lipinski definition) is 2. The molecule has 2 aromatic heterocycles. The molecular formula is C27H27N5O3. The number of aromatic nitrogens is 3. The summed E-state index contributed by atoms with van der Waals surface area (Å²) in [5.41, 5.74) is 4.37. The molecule has 8 nitrogen and oxygen atoms in total. The first-order valence-electron chi connectivity index (χ1n) is 12.0. The zero-order valence-electron chi connectivity index (χ0n) is 19.6. The van der Waals surface area contributed by atoms with Crippen molar-refractivity contribution in [2.45, 2.75) is 18.9 Å². The first-order chi connectivity index (χ1) is 17.1. The molecule has 2 fully saturated rings. The number of carbonyl (C=O) groups is 1. The van der Waals surface area contributed by atoms with Crippen LogP contribution < -0.4 is 4.74 Å². The van der Waals surface area contributed by atoms with Crippen molar-refractivity contribution in [3.8, 4) is 34.1 Å². The van der Waals surface area contributed by atoms with Gasteiger partial charge in [0.15, 0.2) is 0 Å². The number of hydrogen-bond acceptors (Lipinski definition) is 6. The number of aromatic amines is 1. The number of nitrogens with zero attached hydrogens (tertiary/aromatic N) is 4. The van der Waals surface area contributed by atoms with Crippen molar-refractivity contribution in [2.24, 2.45) is 0 Å². The van der Waals surface area contributed by atoms with E-state index in [-0.39, 0.29) is 11.7 Å². The first kappa shape index (κ1) is 21.6. The van der Waals surface area contributed by atoms with Crippen molar-refractivity contribution in [1.29, 1.82) is 0 Å². The minimum absolute atomic E-state index is 0.0523. The van der Waals surface area contributed by atoms with Gasteiger partial charge >= 0.3 is 0 Å². The molecule has 1 unspecified atom stereocenters. The number of imidazole rings is 1. The molecule has 2 aliphatic rings. The van der Waals surface area contributed by atoms with Gasteiger partial charge in [-0.15, -0.1) is 0 Å². The summed E-state index contributed by atoms with van der Waals surface area (Å²) in [5.74, 6) is 1.21. The number of methoxy groups -OCH3 is 1. The van der Waals surface area contributed by atoms with Gasteiger partial charge in [-0.25, -0.2) is 9.97 Å². The van der Waals surface area contributed by atoms with E-state index in [1.54, 1.807) is 19.4 Å². The molecule has 4 heterocycles. The maximum Gasteiger partial charge on any atom is 0.254 e. The lowest BCUT2D eigenvalue weighted by atomic mass is 10.0. The molecule has 35 heavy (non-hydrogen) atoms. The zero-order chi connectivity index (χ0) is 23.9. The van der Waals surface area contributed by atoms with Crippen LogP contribution in [0.4, 0.5) is 0 Å². The fraction of sp³-hybridized carbons (Fsp3) is 0.296. The summed E-state index contributed by atoms with van der Waals surface area (Å²) in [5, 5.41) is 10.6. The van der Waals surface area contributed by atoms with E-state index in [9.17, 15) is 9.90 Å². The third-order valence-corrected chi connectivity index (χ3v) is 7.13. The number of fused-ring (bicyclic) bond motifs is 2. The van der Waals surface area contributed by atoms with E-state index in [0.29, 0.717) is 34.4 Å². The molecule has 2 N–H and O–H groups in total. The Morgan fingerprint density at radius 3 is 2.91 bits per heavy atom. The van der Waals surface area contributed by atoms with Crippen LogP contribution >= 0.6 is 0 Å². The standard InChI is InChI=1S/C27H27N5O3/c1-35-26-20(5-2-10-28-26)17-7-9-24(33)21(14-17)25-29-22-8-6-18(15-23(22)30-25)27(34)32-13-12-31-11-3-4-19(31)16-32/h2,5-10,14-15,19,33H,3-4,11-13,16H2,1H3,(H,29,30). The second-order valence-corrected chi connectivity index (χ2v) is 9.19. The predicted molar refractivity (Wildman–Crippen MR) is 133 cm³/mol. The molecule has 0 spiro atoms. The highest BCUT2D eigenvalue weighted by Gasteiger charge is 2.32. The number of pyridine rings is 1. The van der Waals surface area contributed by atoms with Gasteiger partial charge in [-0.1, -0.05) is 6.07 Å². The van der Waals surface area contributed by atoms with E-state index in [2.05, 4.69) is 14.9 Å². The minimum Gasteiger partial charge on any atom is -0.507 e. The molecule has 2 saturated heterocycles. The Morgan fingerprint density at radius 1 is 1.11 bits per heavy atom. The number of carbonyl (C=O) groups excluding carboxylic acids is 1. The van der Waals surface area contributed by atoms with Crippen molar-refractivity contribution >= 4 is 16.9 Å². The largest absolute Gasteiger partial charge is 0.507 e. The minimum atomic E-state index is 0.0523. The molecule has 2 aliphatic heterocycles. The van der Waals surface area contributed by atoms with Crippen LogP contribution in [-0.2, 0) is 0 Å². The SMILES string of the molecule is COc1ncccc1-c1ccc(O)c(-c2nc3cc(C(=O)N4CCN5CCCC5C4)ccc3[nH]2)c1. The predicted octanol–water partition coefficient (Wildman–Crippen LogP) is 3.93. The van der Waals surface area contributed by atoms with Crippen LogP contribution in [0.2, 0.25) is 0 Å². The van der Waals surface area contributed by atoms with E-state index in [4.69, 9.17) is 9.72 Å². The number of ether oxygens (including phenoxy) is 1. The summed E-state index contributed by atoms with van der Waals surface area (Å²) in [6, 6.07) is 15.1. The summed E-state index contributed by atoms with van der Waals surface area (Å²) in [7, 11) is 1.58. The van der Waals surface area contributed by atoms with Crippen molar-refractivity contribution in [3.63, 3.8) is 0 Å². The van der Waals surface area contributed by atoms with E-state index >= 15 is 0 Å². The van der Waals surface area contributed by atoms with Gasteiger partial charge in [0.05, 0.1) is 23.7 Å². The number of amides is 1. The summed E-state index contributed by atoms with van der Waals surface area (Å²) in [6.07, 6.45) is 4.06. The Kier molecular flexibility index (Phi) is 5.37. The van der Waals surface area contributed by atoms with Crippen LogP contribution in [0.5, 0.6) is 11.6 Å². The lowest BCUT2D eigenvalue weighted by Crippen LogP contribution is -2.52. The number of phenolic OH excluding ortho intramolecular Hbond substituents is 1. The van der Waals surface area contributed by atoms with Gasteiger partial charge in [-0.2, -0.15) is 0 Å². The van der Waals surface area contributed by atoms with E-state index in [1.165, 1.54) is 12.8 Å². The Balaban J connectivity index is 1.31. The van der Waals surface area contributed by atoms with Crippen LogP contribution in [0.3, 0.4) is 0 Å². The normalized spacial score (nSPS) is 18.1. The number of phenols is 1.